The van der Waals surface area contributed by atoms with Crippen molar-refractivity contribution in [3.63, 3.8) is 0 Å². The first kappa shape index (κ1) is 19.7. The quantitative estimate of drug-likeness (QED) is 0.817. The molecule has 0 spiro atoms. The van der Waals surface area contributed by atoms with Gasteiger partial charge >= 0.3 is 0 Å². The van der Waals surface area contributed by atoms with Crippen LogP contribution in [0.1, 0.15) is 36.2 Å². The molecule has 1 N–H and O–H groups in total. The number of nitrogens with zero attached hydrogens (tertiary/aromatic N) is 3. The molecule has 2 aliphatic carbocycles. The van der Waals surface area contributed by atoms with E-state index >= 15 is 0 Å². The average Bonchev–Trinajstić information content (AvgIpc) is 3.47. The van der Waals surface area contributed by atoms with Gasteiger partial charge < -0.3 is 19.5 Å². The number of benzene rings is 1. The van der Waals surface area contributed by atoms with Gasteiger partial charge in [0.1, 0.15) is 0 Å². The van der Waals surface area contributed by atoms with E-state index < -0.39 is 5.56 Å². The van der Waals surface area contributed by atoms with E-state index in [4.69, 9.17) is 4.74 Å². The van der Waals surface area contributed by atoms with E-state index in [-0.39, 0.29) is 17.7 Å². The molecule has 2 saturated carbocycles. The fraction of sp³-hybridized carbons (Fsp3) is 0.609. The number of carbonyl (C=O) groups is 1. The van der Waals surface area contributed by atoms with E-state index in [9.17, 15) is 9.59 Å². The maximum Gasteiger partial charge on any atom is 0.280 e. The first-order valence-electron chi connectivity index (χ1n) is 11.1. The molecule has 3 fully saturated rings. The molecule has 0 bridgehead atoms. The minimum absolute atomic E-state index is 0.00181. The molecule has 7 nitrogen and oxygen atoms in total. The van der Waals surface area contributed by atoms with E-state index in [1.807, 2.05) is 23.1 Å². The van der Waals surface area contributed by atoms with Crippen molar-refractivity contribution in [3.8, 4) is 0 Å². The molecule has 4 atom stereocenters. The average molecular weight is 411 g/mol. The number of hydrogen-bond donors (Lipinski definition) is 1. The lowest BCUT2D eigenvalue weighted by Gasteiger charge is -2.41. The van der Waals surface area contributed by atoms with Gasteiger partial charge in [0.2, 0.25) is 0 Å². The van der Waals surface area contributed by atoms with E-state index in [0.29, 0.717) is 42.0 Å². The van der Waals surface area contributed by atoms with Gasteiger partial charge in [-0.2, -0.15) is 0 Å². The second-order valence-corrected chi connectivity index (χ2v) is 9.48. The van der Waals surface area contributed by atoms with E-state index in [1.54, 1.807) is 6.07 Å². The summed E-state index contributed by atoms with van der Waals surface area (Å²) in [6, 6.07) is 7.69. The Labute approximate surface area is 176 Å². The molecule has 2 heterocycles. The zero-order chi connectivity index (χ0) is 20.8. The molecule has 1 aromatic carbocycles. The summed E-state index contributed by atoms with van der Waals surface area (Å²) in [4.78, 5) is 37.0. The smallest absolute Gasteiger partial charge is 0.280 e. The summed E-state index contributed by atoms with van der Waals surface area (Å²) in [6.45, 7) is 2.24. The van der Waals surface area contributed by atoms with Crippen molar-refractivity contribution < 1.29 is 9.53 Å². The molecular formula is C23H30N4O3. The number of aromatic nitrogens is 2. The van der Waals surface area contributed by atoms with Crippen molar-refractivity contribution in [2.75, 3.05) is 33.8 Å². The highest BCUT2D eigenvalue weighted by atomic mass is 16.5. The van der Waals surface area contributed by atoms with Gasteiger partial charge in [-0.25, -0.2) is 4.98 Å². The van der Waals surface area contributed by atoms with Crippen LogP contribution in [-0.2, 0) is 4.74 Å². The molecule has 0 unspecified atom stereocenters. The molecular weight excluding hydrogens is 380 g/mol. The van der Waals surface area contributed by atoms with Crippen LogP contribution >= 0.6 is 0 Å². The Kier molecular flexibility index (Phi) is 5.11. The number of likely N-dealkylation sites (N-methyl/N-ethyl adjacent to an activating group) is 1. The van der Waals surface area contributed by atoms with E-state index in [1.165, 1.54) is 12.8 Å². The summed E-state index contributed by atoms with van der Waals surface area (Å²) < 4.78 is 6.32. The molecule has 2 aromatic rings. The van der Waals surface area contributed by atoms with Crippen LogP contribution in [0.5, 0.6) is 0 Å². The zero-order valence-electron chi connectivity index (χ0n) is 17.7. The van der Waals surface area contributed by atoms with Crippen molar-refractivity contribution in [2.24, 2.45) is 17.8 Å². The first-order chi connectivity index (χ1) is 14.5. The summed E-state index contributed by atoms with van der Waals surface area (Å²) in [6.07, 6.45) is 4.81. The number of fused-ring (bicyclic) bond motifs is 2. The van der Waals surface area contributed by atoms with Crippen LogP contribution in [0, 0.1) is 17.8 Å². The maximum absolute atomic E-state index is 13.2. The van der Waals surface area contributed by atoms with Gasteiger partial charge in [-0.3, -0.25) is 9.59 Å². The number of nitrogens with one attached hydrogen (secondary N) is 1. The first-order valence-corrected chi connectivity index (χ1v) is 11.1. The molecule has 30 heavy (non-hydrogen) atoms. The Morgan fingerprint density at radius 2 is 1.93 bits per heavy atom. The molecule has 5 rings (SSSR count). The normalized spacial score (nSPS) is 28.8. The highest BCUT2D eigenvalue weighted by Crippen LogP contribution is 2.40. The van der Waals surface area contributed by atoms with Crippen LogP contribution in [-0.4, -0.2) is 71.6 Å². The van der Waals surface area contributed by atoms with Gasteiger partial charge in [-0.05, 0) is 69.7 Å². The van der Waals surface area contributed by atoms with Gasteiger partial charge in [0.05, 0.1) is 17.1 Å². The largest absolute Gasteiger partial charge is 0.376 e. The van der Waals surface area contributed by atoms with E-state index in [0.717, 1.165) is 25.4 Å². The number of hydrogen-bond acceptors (Lipinski definition) is 5. The summed E-state index contributed by atoms with van der Waals surface area (Å²) in [5.74, 6) is 1.36. The third kappa shape index (κ3) is 3.76. The van der Waals surface area contributed by atoms with Crippen LogP contribution in [0.2, 0.25) is 0 Å². The number of amides is 1. The highest BCUT2D eigenvalue weighted by molar-refractivity contribution is 5.93. The Morgan fingerprint density at radius 3 is 2.67 bits per heavy atom. The topological polar surface area (TPSA) is 78.5 Å². The van der Waals surface area contributed by atoms with E-state index in [2.05, 4.69) is 29.0 Å². The summed E-state index contributed by atoms with van der Waals surface area (Å²) >= 11 is 0. The van der Waals surface area contributed by atoms with Crippen LogP contribution in [0.25, 0.3) is 11.0 Å². The van der Waals surface area contributed by atoms with Gasteiger partial charge in [0, 0.05) is 25.7 Å². The zero-order valence-corrected chi connectivity index (χ0v) is 17.7. The standard InChI is InChI=1S/C23H30N4O3/c1-26(2)19-9-15-11-27(12-16(15)10-20(19)30-13-14-7-8-14)23(29)21-22(28)25-18-6-4-3-5-17(18)24-21/h3-6,14-16,19-20H,7-13H2,1-2H3,(H,25,28)/t15-,16+,19-,20-/m1/s1. The van der Waals surface area contributed by atoms with Crippen molar-refractivity contribution in [2.45, 2.75) is 37.8 Å². The van der Waals surface area contributed by atoms with Crippen LogP contribution < -0.4 is 5.56 Å². The Bertz CT molecular complexity index is 999. The minimum atomic E-state index is -0.412. The molecule has 1 aromatic heterocycles. The van der Waals surface area contributed by atoms with Crippen molar-refractivity contribution in [1.82, 2.24) is 19.8 Å². The van der Waals surface area contributed by atoms with Gasteiger partial charge in [-0.15, -0.1) is 0 Å². The summed E-state index contributed by atoms with van der Waals surface area (Å²) in [7, 11) is 4.24. The maximum atomic E-state index is 13.2. The molecule has 7 heteroatoms. The van der Waals surface area contributed by atoms with Crippen molar-refractivity contribution in [1.29, 1.82) is 0 Å². The lowest BCUT2D eigenvalue weighted by molar-refractivity contribution is -0.0493. The number of para-hydroxylation sites is 2. The lowest BCUT2D eigenvalue weighted by Crippen LogP contribution is -2.48. The Hall–Kier alpha value is -2.25. The lowest BCUT2D eigenvalue weighted by atomic mass is 9.77. The SMILES string of the molecule is CN(C)[C@@H]1C[C@@H]2CN(C(=O)c3nc4ccccc4[nH]c3=O)C[C@@H]2C[C@H]1OCC1CC1. The minimum Gasteiger partial charge on any atom is -0.376 e. The number of carbonyl (C=O) groups excluding carboxylic acids is 1. The van der Waals surface area contributed by atoms with Gasteiger partial charge in [-0.1, -0.05) is 12.1 Å². The monoisotopic (exact) mass is 410 g/mol. The summed E-state index contributed by atoms with van der Waals surface area (Å²) in [5.41, 5.74) is 0.875. The van der Waals surface area contributed by atoms with Crippen molar-refractivity contribution >= 4 is 16.9 Å². The molecule has 1 amide bonds. The summed E-state index contributed by atoms with van der Waals surface area (Å²) in [5, 5.41) is 0. The number of likely N-dealkylation sites (tertiary alicyclic amines) is 1. The fourth-order valence-electron chi connectivity index (χ4n) is 5.15. The van der Waals surface area contributed by atoms with Crippen LogP contribution in [0.3, 0.4) is 0 Å². The Morgan fingerprint density at radius 1 is 1.20 bits per heavy atom. The Balaban J connectivity index is 1.32. The molecule has 160 valence electrons. The van der Waals surface area contributed by atoms with Crippen molar-refractivity contribution in [3.05, 3.63) is 40.3 Å². The highest BCUT2D eigenvalue weighted by Gasteiger charge is 2.45. The number of aromatic amines is 1. The van der Waals surface area contributed by atoms with Gasteiger partial charge in [0.25, 0.3) is 11.5 Å². The molecule has 3 aliphatic rings. The van der Waals surface area contributed by atoms with Crippen LogP contribution in [0.4, 0.5) is 0 Å². The second-order valence-electron chi connectivity index (χ2n) is 9.48. The number of H-pyrrole nitrogens is 1. The third-order valence-electron chi connectivity index (χ3n) is 7.08. The van der Waals surface area contributed by atoms with Gasteiger partial charge in [0.15, 0.2) is 5.69 Å². The fourth-order valence-corrected chi connectivity index (χ4v) is 5.15. The second kappa shape index (κ2) is 7.78. The third-order valence-corrected chi connectivity index (χ3v) is 7.08. The number of rotatable bonds is 5. The number of ether oxygens (including phenoxy) is 1. The molecule has 0 radical (unpaired) electrons. The van der Waals surface area contributed by atoms with Crippen LogP contribution in [0.15, 0.2) is 29.1 Å². The molecule has 1 saturated heterocycles. The predicted molar refractivity (Wildman–Crippen MR) is 114 cm³/mol. The molecule has 1 aliphatic heterocycles. The predicted octanol–water partition coefficient (Wildman–Crippen LogP) is 2.13.